The van der Waals surface area contributed by atoms with Gasteiger partial charge >= 0.3 is 0 Å². The molecule has 8 heteroatoms. The Bertz CT molecular complexity index is 925. The van der Waals surface area contributed by atoms with E-state index in [9.17, 15) is 17.6 Å². The molecule has 1 aliphatic rings. The van der Waals surface area contributed by atoms with Crippen LogP contribution in [0.1, 0.15) is 15.9 Å². The number of ether oxygens (including phenoxy) is 1. The van der Waals surface area contributed by atoms with Gasteiger partial charge in [-0.3, -0.25) is 9.52 Å². The average molecular weight is 378 g/mol. The van der Waals surface area contributed by atoms with E-state index in [0.717, 1.165) is 6.07 Å². The largest absolute Gasteiger partial charge is 0.378 e. The van der Waals surface area contributed by atoms with E-state index >= 15 is 0 Å². The minimum Gasteiger partial charge on any atom is -0.378 e. The molecule has 2 aromatic rings. The van der Waals surface area contributed by atoms with Gasteiger partial charge in [-0.25, -0.2) is 12.8 Å². The van der Waals surface area contributed by atoms with Gasteiger partial charge in [-0.2, -0.15) is 0 Å². The standard InChI is InChI=1S/C18H19FN2O4S/c1-13-5-6-16(12-17(13)18(22)21-7-9-25-10-8-21)26(23,24)20-15-4-2-3-14(19)11-15/h2-6,11-12,20H,7-10H2,1H3. The van der Waals surface area contributed by atoms with Crippen molar-refractivity contribution in [1.82, 2.24) is 4.90 Å². The number of aryl methyl sites for hydroxylation is 1. The maximum Gasteiger partial charge on any atom is 0.261 e. The van der Waals surface area contributed by atoms with Crippen molar-refractivity contribution < 1.29 is 22.3 Å². The van der Waals surface area contributed by atoms with Gasteiger partial charge in [0.15, 0.2) is 0 Å². The Morgan fingerprint density at radius 1 is 1.15 bits per heavy atom. The molecule has 138 valence electrons. The van der Waals surface area contributed by atoms with Crippen LogP contribution in [0.25, 0.3) is 0 Å². The summed E-state index contributed by atoms with van der Waals surface area (Å²) in [6, 6.07) is 9.55. The summed E-state index contributed by atoms with van der Waals surface area (Å²) in [5, 5.41) is 0. The van der Waals surface area contributed by atoms with Gasteiger partial charge in [0.1, 0.15) is 5.82 Å². The van der Waals surface area contributed by atoms with E-state index in [2.05, 4.69) is 4.72 Å². The number of halogens is 1. The summed E-state index contributed by atoms with van der Waals surface area (Å²) in [6.07, 6.45) is 0. The average Bonchev–Trinajstić information content (AvgIpc) is 2.62. The molecule has 26 heavy (non-hydrogen) atoms. The van der Waals surface area contributed by atoms with Crippen molar-refractivity contribution in [3.8, 4) is 0 Å². The van der Waals surface area contributed by atoms with Gasteiger partial charge < -0.3 is 9.64 Å². The first kappa shape index (κ1) is 18.3. The van der Waals surface area contributed by atoms with Gasteiger partial charge in [0, 0.05) is 18.7 Å². The number of carbonyl (C=O) groups excluding carboxylic acids is 1. The monoisotopic (exact) mass is 378 g/mol. The lowest BCUT2D eigenvalue weighted by molar-refractivity contribution is 0.0302. The van der Waals surface area contributed by atoms with Crippen molar-refractivity contribution in [2.75, 3.05) is 31.0 Å². The summed E-state index contributed by atoms with van der Waals surface area (Å²) < 4.78 is 46.0. The van der Waals surface area contributed by atoms with E-state index in [0.29, 0.717) is 37.4 Å². The summed E-state index contributed by atoms with van der Waals surface area (Å²) in [4.78, 5) is 14.3. The van der Waals surface area contributed by atoms with E-state index in [4.69, 9.17) is 4.74 Å². The first-order valence-corrected chi connectivity index (χ1v) is 9.61. The molecule has 3 rings (SSSR count). The lowest BCUT2D eigenvalue weighted by atomic mass is 10.1. The second kappa shape index (κ2) is 7.43. The highest BCUT2D eigenvalue weighted by Gasteiger charge is 2.23. The molecule has 1 saturated heterocycles. The molecule has 0 saturated carbocycles. The third-order valence-electron chi connectivity index (χ3n) is 4.12. The Balaban J connectivity index is 1.89. The smallest absolute Gasteiger partial charge is 0.261 e. The lowest BCUT2D eigenvalue weighted by Crippen LogP contribution is -2.41. The van der Waals surface area contributed by atoms with Gasteiger partial charge in [0.05, 0.1) is 23.8 Å². The van der Waals surface area contributed by atoms with Crippen LogP contribution < -0.4 is 4.72 Å². The Morgan fingerprint density at radius 3 is 2.58 bits per heavy atom. The summed E-state index contributed by atoms with van der Waals surface area (Å²) >= 11 is 0. The predicted octanol–water partition coefficient (Wildman–Crippen LogP) is 2.41. The fraction of sp³-hybridized carbons (Fsp3) is 0.278. The number of benzene rings is 2. The van der Waals surface area contributed by atoms with Crippen LogP contribution in [-0.4, -0.2) is 45.5 Å². The number of sulfonamides is 1. The fourth-order valence-corrected chi connectivity index (χ4v) is 3.78. The van der Waals surface area contributed by atoms with Crippen LogP contribution in [0.3, 0.4) is 0 Å². The Morgan fingerprint density at radius 2 is 1.88 bits per heavy atom. The maximum absolute atomic E-state index is 13.3. The highest BCUT2D eigenvalue weighted by atomic mass is 32.2. The van der Waals surface area contributed by atoms with E-state index in [1.807, 2.05) is 0 Å². The molecule has 1 fully saturated rings. The molecule has 0 spiro atoms. The summed E-state index contributed by atoms with van der Waals surface area (Å²) in [5.41, 5.74) is 1.13. The third-order valence-corrected chi connectivity index (χ3v) is 5.50. The van der Waals surface area contributed by atoms with Crippen LogP contribution in [0.5, 0.6) is 0 Å². The molecule has 0 bridgehead atoms. The molecule has 0 aliphatic carbocycles. The van der Waals surface area contributed by atoms with Gasteiger partial charge in [0.2, 0.25) is 0 Å². The van der Waals surface area contributed by atoms with Gasteiger partial charge in [-0.1, -0.05) is 12.1 Å². The predicted molar refractivity (Wildman–Crippen MR) is 95.1 cm³/mol. The van der Waals surface area contributed by atoms with Crippen molar-refractivity contribution in [2.45, 2.75) is 11.8 Å². The van der Waals surface area contributed by atoms with Crippen molar-refractivity contribution in [2.24, 2.45) is 0 Å². The van der Waals surface area contributed by atoms with Crippen molar-refractivity contribution >= 4 is 21.6 Å². The SMILES string of the molecule is Cc1ccc(S(=O)(=O)Nc2cccc(F)c2)cc1C(=O)N1CCOCC1. The molecule has 0 aromatic heterocycles. The molecular weight excluding hydrogens is 359 g/mol. The second-order valence-corrected chi connectivity index (χ2v) is 7.68. The number of anilines is 1. The Kier molecular flexibility index (Phi) is 5.24. The minimum absolute atomic E-state index is 0.0519. The van der Waals surface area contributed by atoms with Crippen molar-refractivity contribution in [1.29, 1.82) is 0 Å². The zero-order chi connectivity index (χ0) is 18.7. The molecule has 1 N–H and O–H groups in total. The Hall–Kier alpha value is -2.45. The number of morpholine rings is 1. The number of carbonyl (C=O) groups is 1. The highest BCUT2D eigenvalue weighted by Crippen LogP contribution is 2.21. The second-order valence-electron chi connectivity index (χ2n) is 6.00. The molecule has 1 amide bonds. The van der Waals surface area contributed by atoms with Crippen LogP contribution in [0.15, 0.2) is 47.4 Å². The number of rotatable bonds is 4. The van der Waals surface area contributed by atoms with E-state index in [1.165, 1.54) is 30.3 Å². The quantitative estimate of drug-likeness (QED) is 0.887. The van der Waals surface area contributed by atoms with Crippen molar-refractivity contribution in [3.63, 3.8) is 0 Å². The van der Waals surface area contributed by atoms with Gasteiger partial charge in [0.25, 0.3) is 15.9 Å². The number of hydrogen-bond acceptors (Lipinski definition) is 4. The van der Waals surface area contributed by atoms with E-state index in [1.54, 1.807) is 17.9 Å². The van der Waals surface area contributed by atoms with Crippen LogP contribution >= 0.6 is 0 Å². The summed E-state index contributed by atoms with van der Waals surface area (Å²) in [6.45, 7) is 3.62. The van der Waals surface area contributed by atoms with Gasteiger partial charge in [-0.05, 0) is 42.8 Å². The topological polar surface area (TPSA) is 75.7 Å². The lowest BCUT2D eigenvalue weighted by Gasteiger charge is -2.27. The normalized spacial score (nSPS) is 14.9. The zero-order valence-corrected chi connectivity index (χ0v) is 15.1. The Labute approximate surface area is 151 Å². The molecule has 6 nitrogen and oxygen atoms in total. The van der Waals surface area contributed by atoms with Crippen LogP contribution in [0.2, 0.25) is 0 Å². The van der Waals surface area contributed by atoms with Crippen molar-refractivity contribution in [3.05, 3.63) is 59.4 Å². The van der Waals surface area contributed by atoms with Crippen LogP contribution in [-0.2, 0) is 14.8 Å². The fourth-order valence-electron chi connectivity index (χ4n) is 2.70. The molecule has 1 heterocycles. The zero-order valence-electron chi connectivity index (χ0n) is 14.2. The molecule has 0 atom stereocenters. The molecule has 0 radical (unpaired) electrons. The van der Waals surface area contributed by atoms with Crippen LogP contribution in [0, 0.1) is 12.7 Å². The minimum atomic E-state index is -3.95. The maximum atomic E-state index is 13.3. The molecular formula is C18H19FN2O4S. The first-order valence-electron chi connectivity index (χ1n) is 8.13. The highest BCUT2D eigenvalue weighted by molar-refractivity contribution is 7.92. The van der Waals surface area contributed by atoms with E-state index < -0.39 is 15.8 Å². The molecule has 0 unspecified atom stereocenters. The summed E-state index contributed by atoms with van der Waals surface area (Å²) in [5.74, 6) is -0.772. The third kappa shape index (κ3) is 4.03. The number of amides is 1. The first-order chi connectivity index (χ1) is 12.4. The number of nitrogens with one attached hydrogen (secondary N) is 1. The van der Waals surface area contributed by atoms with Gasteiger partial charge in [-0.15, -0.1) is 0 Å². The van der Waals surface area contributed by atoms with E-state index in [-0.39, 0.29) is 16.5 Å². The molecule has 1 aliphatic heterocycles. The number of nitrogens with zero attached hydrogens (tertiary/aromatic N) is 1. The number of hydrogen-bond donors (Lipinski definition) is 1. The van der Waals surface area contributed by atoms with Crippen LogP contribution in [0.4, 0.5) is 10.1 Å². The summed E-state index contributed by atoms with van der Waals surface area (Å²) in [7, 11) is -3.95. The molecule has 2 aromatic carbocycles.